The number of carbonyl (C=O) groups is 1. The standard InChI is InChI=1S/C21H23N5O2/c27-19-9-17(15-10-22-20(23-11-15)14-5-2-1-3-6-14)18-12-24-26(21(18)25-19)13-16-7-4-8-28-16/h4,7-8,10-12,14,17H,1-3,5-6,9,13H2,(H,25,27). The largest absolute Gasteiger partial charge is 0.467 e. The second kappa shape index (κ2) is 7.22. The Morgan fingerprint density at radius 1 is 1.14 bits per heavy atom. The number of furan rings is 1. The van der Waals surface area contributed by atoms with E-state index < -0.39 is 0 Å². The van der Waals surface area contributed by atoms with E-state index in [9.17, 15) is 4.79 Å². The monoisotopic (exact) mass is 377 g/mol. The third-order valence-corrected chi connectivity index (χ3v) is 5.84. The molecule has 5 rings (SSSR count). The summed E-state index contributed by atoms with van der Waals surface area (Å²) in [5.41, 5.74) is 1.97. The van der Waals surface area contributed by atoms with Crippen molar-refractivity contribution >= 4 is 11.7 Å². The van der Waals surface area contributed by atoms with E-state index in [4.69, 9.17) is 4.42 Å². The minimum Gasteiger partial charge on any atom is -0.467 e. The maximum atomic E-state index is 12.4. The molecule has 144 valence electrons. The summed E-state index contributed by atoms with van der Waals surface area (Å²) >= 11 is 0. The van der Waals surface area contributed by atoms with Crippen LogP contribution in [-0.2, 0) is 11.3 Å². The molecule has 3 aromatic heterocycles. The van der Waals surface area contributed by atoms with Gasteiger partial charge >= 0.3 is 0 Å². The lowest BCUT2D eigenvalue weighted by Gasteiger charge is -2.24. The maximum Gasteiger partial charge on any atom is 0.226 e. The van der Waals surface area contributed by atoms with Gasteiger partial charge in [0.25, 0.3) is 0 Å². The molecule has 1 fully saturated rings. The number of rotatable bonds is 4. The van der Waals surface area contributed by atoms with Gasteiger partial charge in [-0.2, -0.15) is 5.10 Å². The molecule has 4 heterocycles. The van der Waals surface area contributed by atoms with Gasteiger partial charge in [-0.15, -0.1) is 0 Å². The molecule has 7 nitrogen and oxygen atoms in total. The Morgan fingerprint density at radius 2 is 1.96 bits per heavy atom. The van der Waals surface area contributed by atoms with Crippen LogP contribution in [0.5, 0.6) is 0 Å². The van der Waals surface area contributed by atoms with Crippen molar-refractivity contribution in [3.05, 3.63) is 59.7 Å². The van der Waals surface area contributed by atoms with Crippen molar-refractivity contribution in [3.63, 3.8) is 0 Å². The smallest absolute Gasteiger partial charge is 0.226 e. The maximum absolute atomic E-state index is 12.4. The van der Waals surface area contributed by atoms with E-state index in [-0.39, 0.29) is 11.8 Å². The van der Waals surface area contributed by atoms with E-state index in [1.54, 1.807) is 10.9 Å². The molecule has 1 aliphatic carbocycles. The summed E-state index contributed by atoms with van der Waals surface area (Å²) in [6.45, 7) is 0.479. The van der Waals surface area contributed by atoms with Crippen LogP contribution in [0.2, 0.25) is 0 Å². The van der Waals surface area contributed by atoms with Crippen molar-refractivity contribution < 1.29 is 9.21 Å². The number of amides is 1. The van der Waals surface area contributed by atoms with Crippen LogP contribution in [0.15, 0.2) is 41.4 Å². The predicted molar refractivity (Wildman–Crippen MR) is 103 cm³/mol. The van der Waals surface area contributed by atoms with Gasteiger partial charge in [0.05, 0.1) is 12.5 Å². The van der Waals surface area contributed by atoms with Gasteiger partial charge in [0.15, 0.2) is 0 Å². The van der Waals surface area contributed by atoms with Gasteiger partial charge in [0.1, 0.15) is 23.9 Å². The summed E-state index contributed by atoms with van der Waals surface area (Å²) < 4.78 is 7.19. The van der Waals surface area contributed by atoms with Crippen molar-refractivity contribution in [2.45, 2.75) is 56.9 Å². The van der Waals surface area contributed by atoms with E-state index in [2.05, 4.69) is 20.4 Å². The number of aromatic nitrogens is 4. The topological polar surface area (TPSA) is 85.8 Å². The van der Waals surface area contributed by atoms with E-state index >= 15 is 0 Å². The molecule has 2 aliphatic rings. The number of anilines is 1. The Balaban J connectivity index is 1.42. The molecule has 0 saturated heterocycles. The van der Waals surface area contributed by atoms with Crippen LogP contribution in [0.25, 0.3) is 0 Å². The molecule has 1 saturated carbocycles. The average molecular weight is 377 g/mol. The highest BCUT2D eigenvalue weighted by molar-refractivity contribution is 5.94. The highest BCUT2D eigenvalue weighted by atomic mass is 16.3. The molecule has 1 amide bonds. The molecule has 0 bridgehead atoms. The molecule has 1 atom stereocenters. The number of nitrogens with zero attached hydrogens (tertiary/aromatic N) is 4. The molecule has 0 radical (unpaired) electrons. The Morgan fingerprint density at radius 3 is 2.71 bits per heavy atom. The van der Waals surface area contributed by atoms with Gasteiger partial charge in [-0.25, -0.2) is 14.6 Å². The van der Waals surface area contributed by atoms with Crippen molar-refractivity contribution in [1.29, 1.82) is 0 Å². The molecule has 1 aliphatic heterocycles. The predicted octanol–water partition coefficient (Wildman–Crippen LogP) is 3.84. The zero-order valence-electron chi connectivity index (χ0n) is 15.7. The zero-order chi connectivity index (χ0) is 18.9. The van der Waals surface area contributed by atoms with Gasteiger partial charge in [-0.05, 0) is 30.5 Å². The lowest BCUT2D eigenvalue weighted by molar-refractivity contribution is -0.116. The van der Waals surface area contributed by atoms with Crippen LogP contribution >= 0.6 is 0 Å². The fraction of sp³-hybridized carbons (Fsp3) is 0.429. The summed E-state index contributed by atoms with van der Waals surface area (Å²) in [5, 5.41) is 7.44. The second-order valence-corrected chi connectivity index (χ2v) is 7.70. The Hall–Kier alpha value is -2.96. The molecular formula is C21H23N5O2. The SMILES string of the molecule is O=C1CC(c2cnc(C3CCCCC3)nc2)c2cnn(Cc3ccco3)c2N1. The molecular weight excluding hydrogens is 354 g/mol. The lowest BCUT2D eigenvalue weighted by atomic mass is 9.87. The summed E-state index contributed by atoms with van der Waals surface area (Å²) in [6.07, 6.45) is 13.8. The quantitative estimate of drug-likeness (QED) is 0.747. The minimum atomic E-state index is -0.0745. The van der Waals surface area contributed by atoms with Gasteiger partial charge in [-0.1, -0.05) is 19.3 Å². The van der Waals surface area contributed by atoms with Crippen molar-refractivity contribution in [3.8, 4) is 0 Å². The number of hydrogen-bond acceptors (Lipinski definition) is 5. The van der Waals surface area contributed by atoms with Gasteiger partial charge in [0, 0.05) is 36.2 Å². The molecule has 28 heavy (non-hydrogen) atoms. The Bertz CT molecular complexity index is 955. The van der Waals surface area contributed by atoms with Crippen LogP contribution in [0.4, 0.5) is 5.82 Å². The second-order valence-electron chi connectivity index (χ2n) is 7.70. The first-order valence-corrected chi connectivity index (χ1v) is 9.97. The van der Waals surface area contributed by atoms with Gasteiger partial charge in [0.2, 0.25) is 5.91 Å². The number of nitrogens with one attached hydrogen (secondary N) is 1. The van der Waals surface area contributed by atoms with E-state index in [1.807, 2.05) is 30.7 Å². The van der Waals surface area contributed by atoms with Gasteiger partial charge in [-0.3, -0.25) is 4.79 Å². The summed E-state index contributed by atoms with van der Waals surface area (Å²) in [4.78, 5) is 21.7. The molecule has 1 N–H and O–H groups in total. The van der Waals surface area contributed by atoms with Crippen LogP contribution < -0.4 is 5.32 Å². The van der Waals surface area contributed by atoms with E-state index in [0.717, 1.165) is 28.5 Å². The van der Waals surface area contributed by atoms with Crippen LogP contribution in [0.1, 0.15) is 73.1 Å². The minimum absolute atomic E-state index is 0.0185. The summed E-state index contributed by atoms with van der Waals surface area (Å²) in [6, 6.07) is 3.74. The van der Waals surface area contributed by atoms with Crippen molar-refractivity contribution in [2.24, 2.45) is 0 Å². The highest BCUT2D eigenvalue weighted by Crippen LogP contribution is 2.37. The van der Waals surface area contributed by atoms with Gasteiger partial charge < -0.3 is 9.73 Å². The molecule has 0 spiro atoms. The molecule has 1 unspecified atom stereocenters. The number of fused-ring (bicyclic) bond motifs is 1. The lowest BCUT2D eigenvalue weighted by Crippen LogP contribution is -2.25. The normalized spacial score (nSPS) is 20.0. The van der Waals surface area contributed by atoms with Crippen LogP contribution in [0, 0.1) is 0 Å². The molecule has 7 heteroatoms. The summed E-state index contributed by atoms with van der Waals surface area (Å²) in [7, 11) is 0. The number of hydrogen-bond donors (Lipinski definition) is 1. The zero-order valence-corrected chi connectivity index (χ0v) is 15.7. The van der Waals surface area contributed by atoms with E-state index in [1.165, 1.54) is 32.1 Å². The third kappa shape index (κ3) is 3.21. The van der Waals surface area contributed by atoms with Crippen LogP contribution in [-0.4, -0.2) is 25.7 Å². The third-order valence-electron chi connectivity index (χ3n) is 5.84. The molecule has 0 aromatic carbocycles. The van der Waals surface area contributed by atoms with Crippen molar-refractivity contribution in [1.82, 2.24) is 19.7 Å². The first-order valence-electron chi connectivity index (χ1n) is 9.97. The fourth-order valence-corrected chi connectivity index (χ4v) is 4.34. The fourth-order valence-electron chi connectivity index (χ4n) is 4.34. The molecule has 3 aromatic rings. The first kappa shape index (κ1) is 17.2. The van der Waals surface area contributed by atoms with E-state index in [0.29, 0.717) is 18.9 Å². The van der Waals surface area contributed by atoms with Crippen LogP contribution in [0.3, 0.4) is 0 Å². The Labute approximate surface area is 163 Å². The highest BCUT2D eigenvalue weighted by Gasteiger charge is 2.31. The van der Waals surface area contributed by atoms with Crippen molar-refractivity contribution in [2.75, 3.05) is 5.32 Å². The first-order chi connectivity index (χ1) is 13.8. The number of carbonyl (C=O) groups excluding carboxylic acids is 1. The Kier molecular flexibility index (Phi) is 4.43. The summed E-state index contributed by atoms with van der Waals surface area (Å²) in [5.74, 6) is 2.85. The average Bonchev–Trinajstić information content (AvgIpc) is 3.39.